The van der Waals surface area contributed by atoms with E-state index in [1.54, 1.807) is 0 Å². The first kappa shape index (κ1) is 23.0. The third kappa shape index (κ3) is 6.11. The second-order valence-corrected chi connectivity index (χ2v) is 6.35. The van der Waals surface area contributed by atoms with Gasteiger partial charge in [0.1, 0.15) is 30.5 Å². The summed E-state index contributed by atoms with van der Waals surface area (Å²) in [7, 11) is 0. The van der Waals surface area contributed by atoms with Crippen LogP contribution in [0.25, 0.3) is 6.08 Å². The lowest BCUT2D eigenvalue weighted by atomic mass is 9.99. The zero-order chi connectivity index (χ0) is 21.6. The maximum Gasteiger partial charge on any atom is 0.331 e. The van der Waals surface area contributed by atoms with Crippen molar-refractivity contribution < 1.29 is 54.8 Å². The van der Waals surface area contributed by atoms with Crippen LogP contribution in [0.2, 0.25) is 0 Å². The summed E-state index contributed by atoms with van der Waals surface area (Å²) in [4.78, 5) is 11.9. The van der Waals surface area contributed by atoms with Crippen LogP contribution in [0.1, 0.15) is 5.56 Å². The van der Waals surface area contributed by atoms with Crippen LogP contribution in [-0.4, -0.2) is 98.3 Å². The monoisotopic (exact) mass is 416 g/mol. The number of benzene rings is 1. The van der Waals surface area contributed by atoms with Crippen LogP contribution in [0.5, 0.6) is 11.5 Å². The standard InChI is InChI=1S/C18H24O11/c19-6-10(8-27-18-17(26)16(25)15(24)13(7-20)29-18)28-14(23)4-2-9-1-3-11(21)12(22)5-9/h1-5,10,13,15-22,24-26H,6-8H2. The summed E-state index contributed by atoms with van der Waals surface area (Å²) in [6, 6.07) is 3.92. The molecule has 1 saturated heterocycles. The normalized spacial score (nSPS) is 28.4. The molecular weight excluding hydrogens is 392 g/mol. The summed E-state index contributed by atoms with van der Waals surface area (Å²) in [6.07, 6.45) is -6.14. The smallest absolute Gasteiger partial charge is 0.331 e. The third-order valence-electron chi connectivity index (χ3n) is 4.19. The summed E-state index contributed by atoms with van der Waals surface area (Å²) in [6.45, 7) is -1.64. The number of hydrogen-bond donors (Lipinski definition) is 7. The third-order valence-corrected chi connectivity index (χ3v) is 4.19. The average molecular weight is 416 g/mol. The molecule has 0 saturated carbocycles. The molecule has 7 N–H and O–H groups in total. The van der Waals surface area contributed by atoms with E-state index in [2.05, 4.69) is 0 Å². The van der Waals surface area contributed by atoms with Gasteiger partial charge in [-0.25, -0.2) is 4.79 Å². The molecule has 0 aliphatic carbocycles. The number of phenols is 2. The highest BCUT2D eigenvalue weighted by Crippen LogP contribution is 2.25. The predicted octanol–water partition coefficient (Wildman–Crippen LogP) is -2.17. The average Bonchev–Trinajstić information content (AvgIpc) is 2.71. The van der Waals surface area contributed by atoms with Crippen molar-refractivity contribution >= 4 is 12.0 Å². The van der Waals surface area contributed by atoms with Crippen molar-refractivity contribution in [1.29, 1.82) is 0 Å². The molecule has 29 heavy (non-hydrogen) atoms. The first-order valence-corrected chi connectivity index (χ1v) is 8.70. The van der Waals surface area contributed by atoms with Crippen molar-refractivity contribution in [2.24, 2.45) is 0 Å². The van der Waals surface area contributed by atoms with Crippen LogP contribution in [0.4, 0.5) is 0 Å². The number of aromatic hydroxyl groups is 2. The van der Waals surface area contributed by atoms with Crippen molar-refractivity contribution in [3.05, 3.63) is 29.8 Å². The fourth-order valence-corrected chi connectivity index (χ4v) is 2.54. The molecule has 1 aliphatic heterocycles. The molecule has 0 bridgehead atoms. The van der Waals surface area contributed by atoms with Gasteiger partial charge in [-0.2, -0.15) is 0 Å². The van der Waals surface area contributed by atoms with Gasteiger partial charge in [0.15, 0.2) is 17.8 Å². The second kappa shape index (κ2) is 10.5. The number of aliphatic hydroxyl groups is 5. The molecule has 2 rings (SSSR count). The van der Waals surface area contributed by atoms with Gasteiger partial charge >= 0.3 is 5.97 Å². The Hall–Kier alpha value is -2.25. The molecule has 1 aromatic rings. The maximum atomic E-state index is 11.9. The van der Waals surface area contributed by atoms with E-state index < -0.39 is 62.6 Å². The van der Waals surface area contributed by atoms with Gasteiger partial charge in [-0.15, -0.1) is 0 Å². The number of carbonyl (C=O) groups excluding carboxylic acids is 1. The first-order chi connectivity index (χ1) is 13.8. The van der Waals surface area contributed by atoms with E-state index in [9.17, 15) is 35.4 Å². The Morgan fingerprint density at radius 3 is 2.45 bits per heavy atom. The minimum atomic E-state index is -1.62. The molecule has 0 amide bonds. The highest BCUT2D eigenvalue weighted by Gasteiger charge is 2.44. The quantitative estimate of drug-likeness (QED) is 0.139. The lowest BCUT2D eigenvalue weighted by Crippen LogP contribution is -2.59. The van der Waals surface area contributed by atoms with E-state index in [4.69, 9.17) is 19.3 Å². The van der Waals surface area contributed by atoms with Gasteiger partial charge in [0.25, 0.3) is 0 Å². The number of carbonyl (C=O) groups is 1. The van der Waals surface area contributed by atoms with Crippen LogP contribution >= 0.6 is 0 Å². The van der Waals surface area contributed by atoms with Gasteiger partial charge in [0.05, 0.1) is 19.8 Å². The molecule has 1 fully saturated rings. The fraction of sp³-hybridized carbons (Fsp3) is 0.500. The van der Waals surface area contributed by atoms with Crippen molar-refractivity contribution in [2.45, 2.75) is 36.8 Å². The summed E-state index contributed by atoms with van der Waals surface area (Å²) >= 11 is 0. The predicted molar refractivity (Wildman–Crippen MR) is 95.5 cm³/mol. The lowest BCUT2D eigenvalue weighted by Gasteiger charge is -2.39. The number of aliphatic hydroxyl groups excluding tert-OH is 5. The highest BCUT2D eigenvalue weighted by molar-refractivity contribution is 5.87. The topological polar surface area (TPSA) is 186 Å². The van der Waals surface area contributed by atoms with E-state index in [0.717, 1.165) is 6.08 Å². The molecule has 1 aromatic carbocycles. The summed E-state index contributed by atoms with van der Waals surface area (Å²) < 4.78 is 15.4. The molecule has 11 nitrogen and oxygen atoms in total. The van der Waals surface area contributed by atoms with Gasteiger partial charge in [-0.1, -0.05) is 6.07 Å². The van der Waals surface area contributed by atoms with E-state index >= 15 is 0 Å². The Bertz CT molecular complexity index is 705. The van der Waals surface area contributed by atoms with Gasteiger partial charge in [-0.3, -0.25) is 0 Å². The summed E-state index contributed by atoms with van der Waals surface area (Å²) in [5, 5.41) is 66.4. The maximum absolute atomic E-state index is 11.9. The fourth-order valence-electron chi connectivity index (χ4n) is 2.54. The Labute approximate surface area is 165 Å². The van der Waals surface area contributed by atoms with E-state index in [-0.39, 0.29) is 11.5 Å². The van der Waals surface area contributed by atoms with Crippen LogP contribution in [0.3, 0.4) is 0 Å². The molecular formula is C18H24O11. The zero-order valence-electron chi connectivity index (χ0n) is 15.2. The number of hydrogen-bond acceptors (Lipinski definition) is 11. The summed E-state index contributed by atoms with van der Waals surface area (Å²) in [5.74, 6) is -1.51. The summed E-state index contributed by atoms with van der Waals surface area (Å²) in [5.41, 5.74) is 0.412. The largest absolute Gasteiger partial charge is 0.504 e. The first-order valence-electron chi connectivity index (χ1n) is 8.70. The van der Waals surface area contributed by atoms with Crippen LogP contribution < -0.4 is 0 Å². The zero-order valence-corrected chi connectivity index (χ0v) is 15.2. The van der Waals surface area contributed by atoms with Crippen molar-refractivity contribution in [3.8, 4) is 11.5 Å². The molecule has 0 spiro atoms. The SMILES string of the molecule is O=C(C=Cc1ccc(O)c(O)c1)OC(CO)COC1OC(CO)C(O)C(O)C1O. The van der Waals surface area contributed by atoms with Crippen molar-refractivity contribution in [1.82, 2.24) is 0 Å². The minimum Gasteiger partial charge on any atom is -0.504 e. The highest BCUT2D eigenvalue weighted by atomic mass is 16.7. The van der Waals surface area contributed by atoms with E-state index in [1.807, 2.05) is 0 Å². The van der Waals surface area contributed by atoms with Crippen LogP contribution in [-0.2, 0) is 19.0 Å². The molecule has 11 heteroatoms. The lowest BCUT2D eigenvalue weighted by molar-refractivity contribution is -0.305. The van der Waals surface area contributed by atoms with Crippen LogP contribution in [0, 0.1) is 0 Å². The van der Waals surface area contributed by atoms with Gasteiger partial charge in [0, 0.05) is 6.08 Å². The van der Waals surface area contributed by atoms with Crippen molar-refractivity contribution in [2.75, 3.05) is 19.8 Å². The molecule has 0 aromatic heterocycles. The molecule has 162 valence electrons. The van der Waals surface area contributed by atoms with E-state index in [0.29, 0.717) is 5.56 Å². The Kier molecular flexibility index (Phi) is 8.34. The molecule has 6 unspecified atom stereocenters. The van der Waals surface area contributed by atoms with E-state index in [1.165, 1.54) is 24.3 Å². The van der Waals surface area contributed by atoms with Gasteiger partial charge < -0.3 is 50.0 Å². The Morgan fingerprint density at radius 2 is 1.83 bits per heavy atom. The van der Waals surface area contributed by atoms with Crippen LogP contribution in [0.15, 0.2) is 24.3 Å². The molecule has 6 atom stereocenters. The van der Waals surface area contributed by atoms with Gasteiger partial charge in [-0.05, 0) is 23.8 Å². The Morgan fingerprint density at radius 1 is 1.10 bits per heavy atom. The molecule has 1 heterocycles. The van der Waals surface area contributed by atoms with Gasteiger partial charge in [0.2, 0.25) is 0 Å². The minimum absolute atomic E-state index is 0.310. The number of phenolic OH excluding ortho intramolecular Hbond substituents is 2. The number of ether oxygens (including phenoxy) is 3. The molecule has 1 aliphatic rings. The number of esters is 1. The number of rotatable bonds is 8. The Balaban J connectivity index is 1.88. The van der Waals surface area contributed by atoms with Crippen molar-refractivity contribution in [3.63, 3.8) is 0 Å². The second-order valence-electron chi connectivity index (χ2n) is 6.35. The molecule has 0 radical (unpaired) electrons.